The molecule has 0 aliphatic carbocycles. The summed E-state index contributed by atoms with van der Waals surface area (Å²) in [6.45, 7) is 13.1. The van der Waals surface area contributed by atoms with Crippen molar-refractivity contribution in [2.24, 2.45) is 0 Å². The lowest BCUT2D eigenvalue weighted by atomic mass is 10.0. The zero-order chi connectivity index (χ0) is 47.9. The smallest absolute Gasteiger partial charge is 0.408 e. The van der Waals surface area contributed by atoms with Crippen LogP contribution in [0.5, 0.6) is 0 Å². The summed E-state index contributed by atoms with van der Waals surface area (Å²) in [6, 6.07) is 31.4. The number of likely N-dealkylation sites (N-methyl/N-ethyl adjacent to an activating group) is 1. The number of carbonyl (C=O) groups excluding carboxylic acids is 4. The van der Waals surface area contributed by atoms with Gasteiger partial charge in [0.25, 0.3) is 5.91 Å². The molecule has 67 heavy (non-hydrogen) atoms. The first-order valence-corrected chi connectivity index (χ1v) is 22.4. The van der Waals surface area contributed by atoms with Gasteiger partial charge in [0.2, 0.25) is 5.91 Å². The molecule has 0 radical (unpaired) electrons. The van der Waals surface area contributed by atoms with Crippen LogP contribution < -0.4 is 10.6 Å². The molecule has 6 aromatic rings. The topological polar surface area (TPSA) is 175 Å². The van der Waals surface area contributed by atoms with E-state index in [2.05, 4.69) is 37.4 Å². The van der Waals surface area contributed by atoms with Gasteiger partial charge in [-0.3, -0.25) is 9.59 Å². The lowest BCUT2D eigenvalue weighted by Crippen LogP contribution is -2.44. The summed E-state index contributed by atoms with van der Waals surface area (Å²) in [5.74, 6) is 7.23. The van der Waals surface area contributed by atoms with Crippen LogP contribution in [0.1, 0.15) is 119 Å². The lowest BCUT2D eigenvalue weighted by molar-refractivity contribution is -0.135. The maximum atomic E-state index is 14.1. The number of amides is 4. The number of hydrogen-bond donors (Lipinski definition) is 4. The predicted octanol–water partition coefficient (Wildman–Crippen LogP) is 9.58. The molecule has 4 amide bonds. The van der Waals surface area contributed by atoms with Gasteiger partial charge in [0.15, 0.2) is 0 Å². The van der Waals surface area contributed by atoms with Crippen molar-refractivity contribution >= 4 is 24.0 Å². The highest BCUT2D eigenvalue weighted by atomic mass is 16.6. The second kappa shape index (κ2) is 20.2. The third kappa shape index (κ3) is 12.2. The van der Waals surface area contributed by atoms with Crippen molar-refractivity contribution in [1.29, 1.82) is 0 Å². The Hall–Kier alpha value is -7.66. The van der Waals surface area contributed by atoms with E-state index in [4.69, 9.17) is 14.5 Å². The number of rotatable bonds is 11. The third-order valence-corrected chi connectivity index (χ3v) is 11.2. The maximum absolute atomic E-state index is 14.1. The van der Waals surface area contributed by atoms with Crippen molar-refractivity contribution in [2.75, 3.05) is 13.6 Å². The molecule has 4 atom stereocenters. The van der Waals surface area contributed by atoms with Crippen molar-refractivity contribution in [3.8, 4) is 34.4 Å². The molecule has 2 aromatic heterocycles. The highest BCUT2D eigenvalue weighted by molar-refractivity contribution is 5.88. The summed E-state index contributed by atoms with van der Waals surface area (Å²) < 4.78 is 11.0. The van der Waals surface area contributed by atoms with Crippen molar-refractivity contribution in [1.82, 2.24) is 40.4 Å². The Morgan fingerprint density at radius 1 is 0.687 bits per heavy atom. The summed E-state index contributed by atoms with van der Waals surface area (Å²) >= 11 is 0. The second-order valence-corrected chi connectivity index (χ2v) is 18.6. The van der Waals surface area contributed by atoms with Crippen molar-refractivity contribution in [3.63, 3.8) is 0 Å². The van der Waals surface area contributed by atoms with E-state index < -0.39 is 41.5 Å². The van der Waals surface area contributed by atoms with Crippen LogP contribution in [0.2, 0.25) is 0 Å². The van der Waals surface area contributed by atoms with Gasteiger partial charge in [-0.25, -0.2) is 19.6 Å². The molecule has 14 heteroatoms. The van der Waals surface area contributed by atoms with Crippen molar-refractivity contribution in [2.45, 2.75) is 96.7 Å². The Morgan fingerprint density at radius 2 is 1.16 bits per heavy atom. The number of nitrogens with zero attached hydrogens (tertiary/aromatic N) is 4. The first-order chi connectivity index (χ1) is 31.9. The summed E-state index contributed by atoms with van der Waals surface area (Å²) in [4.78, 5) is 73.1. The number of alkyl carbamates (subject to hydrolysis) is 2. The molecular weight excluding hydrogens is 845 g/mol. The van der Waals surface area contributed by atoms with Crippen LogP contribution in [0.15, 0.2) is 122 Å². The summed E-state index contributed by atoms with van der Waals surface area (Å²) in [5, 5.41) is 5.56. The molecule has 1 fully saturated rings. The molecule has 7 rings (SSSR count). The van der Waals surface area contributed by atoms with Crippen LogP contribution in [-0.2, 0) is 19.1 Å². The number of ether oxygens (including phenoxy) is 2. The van der Waals surface area contributed by atoms with E-state index in [1.807, 2.05) is 104 Å². The average Bonchev–Trinajstić information content (AvgIpc) is 4.11. The number of benzene rings is 4. The SMILES string of the molecule is CC(c1ncc(-c2ccc(C#Cc3ccc(-c4cnc(C5CCCN5C(=O)C(NC(=O)OC(C)(C)C)c5ccccc5)[nH]4)cc3)cc2)[nH]1)N(C)C(=O)C(NC(=O)OC(C)(C)C)c1ccccc1. The normalized spacial score (nSPS) is 15.0. The van der Waals surface area contributed by atoms with Gasteiger partial charge in [-0.05, 0) is 108 Å². The van der Waals surface area contributed by atoms with Crippen molar-refractivity contribution in [3.05, 3.63) is 155 Å². The van der Waals surface area contributed by atoms with Crippen LogP contribution in [-0.4, -0.2) is 78.5 Å². The molecule has 14 nitrogen and oxygen atoms in total. The second-order valence-electron chi connectivity index (χ2n) is 18.6. The van der Waals surface area contributed by atoms with E-state index in [-0.39, 0.29) is 17.9 Å². The fraction of sp³-hybridized carbons (Fsp3) is 0.321. The number of carbonyl (C=O) groups is 4. The van der Waals surface area contributed by atoms with E-state index >= 15 is 0 Å². The molecule has 4 unspecified atom stereocenters. The molecule has 0 bridgehead atoms. The minimum absolute atomic E-state index is 0.223. The van der Waals surface area contributed by atoms with Gasteiger partial charge < -0.3 is 39.9 Å². The fourth-order valence-electron chi connectivity index (χ4n) is 7.73. The Balaban J connectivity index is 0.972. The van der Waals surface area contributed by atoms with Gasteiger partial charge in [0.1, 0.15) is 34.9 Å². The number of aromatic nitrogens is 4. The molecule has 0 saturated carbocycles. The fourth-order valence-corrected chi connectivity index (χ4v) is 7.73. The van der Waals surface area contributed by atoms with E-state index in [1.165, 1.54) is 0 Å². The van der Waals surface area contributed by atoms with E-state index in [0.717, 1.165) is 46.5 Å². The van der Waals surface area contributed by atoms with Crippen LogP contribution in [0.25, 0.3) is 22.5 Å². The van der Waals surface area contributed by atoms with E-state index in [0.29, 0.717) is 29.3 Å². The lowest BCUT2D eigenvalue weighted by Gasteiger charge is -2.29. The largest absolute Gasteiger partial charge is 0.444 e. The summed E-state index contributed by atoms with van der Waals surface area (Å²) in [5.41, 5.74) is 4.97. The number of likely N-dealkylation sites (tertiary alicyclic amines) is 1. The Labute approximate surface area is 391 Å². The minimum atomic E-state index is -0.958. The zero-order valence-corrected chi connectivity index (χ0v) is 39.2. The zero-order valence-electron chi connectivity index (χ0n) is 39.2. The molecular formula is C53H58N8O6. The number of nitrogens with one attached hydrogen (secondary N) is 4. The molecule has 1 aliphatic heterocycles. The minimum Gasteiger partial charge on any atom is -0.444 e. The maximum Gasteiger partial charge on any atom is 0.408 e. The monoisotopic (exact) mass is 902 g/mol. The van der Waals surface area contributed by atoms with Crippen LogP contribution >= 0.6 is 0 Å². The molecule has 1 saturated heterocycles. The first-order valence-electron chi connectivity index (χ1n) is 22.4. The van der Waals surface area contributed by atoms with Gasteiger partial charge in [-0.15, -0.1) is 0 Å². The highest BCUT2D eigenvalue weighted by Crippen LogP contribution is 2.34. The average molecular weight is 903 g/mol. The number of H-pyrrole nitrogens is 2. The van der Waals surface area contributed by atoms with Gasteiger partial charge in [-0.1, -0.05) is 96.8 Å². The quantitative estimate of drug-likeness (QED) is 0.0930. The molecule has 346 valence electrons. The van der Waals surface area contributed by atoms with Gasteiger partial charge in [0.05, 0.1) is 35.9 Å². The molecule has 3 heterocycles. The van der Waals surface area contributed by atoms with E-state index in [9.17, 15) is 19.2 Å². The molecule has 4 aromatic carbocycles. The van der Waals surface area contributed by atoms with Crippen LogP contribution in [0, 0.1) is 11.8 Å². The summed E-state index contributed by atoms with van der Waals surface area (Å²) in [7, 11) is 1.68. The molecule has 1 aliphatic rings. The van der Waals surface area contributed by atoms with Crippen molar-refractivity contribution < 1.29 is 28.7 Å². The van der Waals surface area contributed by atoms with Gasteiger partial charge in [0, 0.05) is 24.7 Å². The Bertz CT molecular complexity index is 2730. The predicted molar refractivity (Wildman–Crippen MR) is 256 cm³/mol. The standard InChI is InChI=1S/C53H58N8O6/c1-34(60(8)48(62)44(39-16-11-9-12-17-39)58-50(64)66-52(2,3)4)46-54-32-41(56-46)37-27-23-35(24-28-37)21-22-36-25-29-38(30-26-36)42-33-55-47(57-42)43-20-15-31-61(43)49(63)45(40-18-13-10-14-19-40)59-51(65)67-53(5,6)7/h9-14,16-19,23-30,32-34,43-45H,15,20,31H2,1-8H3,(H,54,56)(H,55,57)(H,58,64)(H,59,65). The number of aromatic amines is 2. The number of hydrogen-bond acceptors (Lipinski definition) is 8. The van der Waals surface area contributed by atoms with E-state index in [1.54, 1.807) is 82.9 Å². The van der Waals surface area contributed by atoms with Crippen LogP contribution in [0.3, 0.4) is 0 Å². The van der Waals surface area contributed by atoms with Gasteiger partial charge in [-0.2, -0.15) is 0 Å². The number of imidazole rings is 2. The third-order valence-electron chi connectivity index (χ3n) is 11.2. The molecule has 4 N–H and O–H groups in total. The Morgan fingerprint density at radius 3 is 1.69 bits per heavy atom. The first kappa shape index (κ1) is 47.3. The summed E-state index contributed by atoms with van der Waals surface area (Å²) in [6.07, 6.45) is 3.71. The molecule has 0 spiro atoms. The van der Waals surface area contributed by atoms with Gasteiger partial charge >= 0.3 is 12.2 Å². The Kier molecular flexibility index (Phi) is 14.3. The van der Waals surface area contributed by atoms with Crippen LogP contribution in [0.4, 0.5) is 9.59 Å². The highest BCUT2D eigenvalue weighted by Gasteiger charge is 2.38.